The molecule has 19 heavy (non-hydrogen) atoms. The van der Waals surface area contributed by atoms with Crippen LogP contribution in [0.5, 0.6) is 0 Å². The quantitative estimate of drug-likeness (QED) is 0.886. The predicted octanol–water partition coefficient (Wildman–Crippen LogP) is 2.28. The summed E-state index contributed by atoms with van der Waals surface area (Å²) < 4.78 is 13.9. The summed E-state index contributed by atoms with van der Waals surface area (Å²) in [7, 11) is 0. The molecular formula is C12H12FN3O2S. The molecule has 0 aliphatic carbocycles. The first-order chi connectivity index (χ1) is 9.11. The van der Waals surface area contributed by atoms with E-state index in [0.29, 0.717) is 6.54 Å². The van der Waals surface area contributed by atoms with Crippen LogP contribution in [0, 0.1) is 5.82 Å². The van der Waals surface area contributed by atoms with Crippen molar-refractivity contribution in [3.05, 3.63) is 24.0 Å². The van der Waals surface area contributed by atoms with Gasteiger partial charge in [-0.1, -0.05) is 11.3 Å². The van der Waals surface area contributed by atoms with E-state index in [1.807, 2.05) is 4.90 Å². The van der Waals surface area contributed by atoms with Gasteiger partial charge in [-0.25, -0.2) is 14.2 Å². The minimum Gasteiger partial charge on any atom is -0.465 e. The highest BCUT2D eigenvalue weighted by molar-refractivity contribution is 7.22. The fraction of sp³-hybridized carbons (Fsp3) is 0.333. The number of benzene rings is 1. The van der Waals surface area contributed by atoms with Crippen molar-refractivity contribution in [1.29, 1.82) is 0 Å². The molecule has 2 aromatic rings. The molecule has 0 spiro atoms. The molecule has 1 aliphatic heterocycles. The summed E-state index contributed by atoms with van der Waals surface area (Å²) >= 11 is 1.43. The third-order valence-corrected chi connectivity index (χ3v) is 4.20. The molecule has 0 radical (unpaired) electrons. The van der Waals surface area contributed by atoms with Crippen LogP contribution in [0.2, 0.25) is 0 Å². The lowest BCUT2D eigenvalue weighted by atomic mass is 10.3. The van der Waals surface area contributed by atoms with Crippen LogP contribution in [0.15, 0.2) is 18.2 Å². The smallest absolute Gasteiger partial charge is 0.404 e. The molecule has 0 bridgehead atoms. The average molecular weight is 281 g/mol. The molecule has 1 aromatic carbocycles. The van der Waals surface area contributed by atoms with Crippen LogP contribution in [0.3, 0.4) is 0 Å². The van der Waals surface area contributed by atoms with E-state index in [-0.39, 0.29) is 11.9 Å². The molecule has 1 fully saturated rings. The minimum absolute atomic E-state index is 0.0683. The van der Waals surface area contributed by atoms with Gasteiger partial charge in [-0.2, -0.15) is 0 Å². The molecule has 5 nitrogen and oxygen atoms in total. The Hall–Kier alpha value is -1.89. The summed E-state index contributed by atoms with van der Waals surface area (Å²) in [5.74, 6) is -0.269. The maximum Gasteiger partial charge on any atom is 0.404 e. The van der Waals surface area contributed by atoms with Gasteiger partial charge in [0.15, 0.2) is 5.13 Å². The number of rotatable bonds is 2. The Morgan fingerprint density at radius 3 is 3.21 bits per heavy atom. The number of carbonyl (C=O) groups is 1. The van der Waals surface area contributed by atoms with Gasteiger partial charge in [0.25, 0.3) is 0 Å². The van der Waals surface area contributed by atoms with Crippen LogP contribution in [0.4, 0.5) is 14.3 Å². The lowest BCUT2D eigenvalue weighted by Gasteiger charge is -2.14. The van der Waals surface area contributed by atoms with Crippen LogP contribution in [-0.2, 0) is 0 Å². The Bertz CT molecular complexity index is 630. The van der Waals surface area contributed by atoms with Gasteiger partial charge in [0.05, 0.1) is 16.3 Å². The van der Waals surface area contributed by atoms with Gasteiger partial charge >= 0.3 is 6.09 Å². The molecule has 2 heterocycles. The van der Waals surface area contributed by atoms with Gasteiger partial charge in [0, 0.05) is 13.1 Å². The summed E-state index contributed by atoms with van der Waals surface area (Å²) in [5.41, 5.74) is 0.774. The number of carboxylic acid groups (broad SMARTS) is 1. The van der Waals surface area contributed by atoms with Gasteiger partial charge in [-0.15, -0.1) is 0 Å². The normalized spacial score (nSPS) is 19.0. The Morgan fingerprint density at radius 1 is 1.58 bits per heavy atom. The molecule has 1 unspecified atom stereocenters. The van der Waals surface area contributed by atoms with Crippen molar-refractivity contribution in [2.45, 2.75) is 12.5 Å². The maximum absolute atomic E-state index is 13.1. The molecule has 3 rings (SSSR count). The first kappa shape index (κ1) is 12.2. The standard InChI is InChI=1S/C12H12FN3O2S/c13-7-1-2-9-10(5-7)19-11(15-9)16-4-3-8(6-16)14-12(17)18/h1-2,5,8,14H,3-4,6H2,(H,17,18). The van der Waals surface area contributed by atoms with E-state index in [1.54, 1.807) is 6.07 Å². The second kappa shape index (κ2) is 4.65. The third kappa shape index (κ3) is 2.46. The zero-order chi connectivity index (χ0) is 13.4. The van der Waals surface area contributed by atoms with Crippen molar-refractivity contribution in [2.75, 3.05) is 18.0 Å². The number of hydrogen-bond donors (Lipinski definition) is 2. The molecule has 100 valence electrons. The first-order valence-electron chi connectivity index (χ1n) is 5.92. The second-order valence-corrected chi connectivity index (χ2v) is 5.50. The topological polar surface area (TPSA) is 65.5 Å². The molecular weight excluding hydrogens is 269 g/mol. The van der Waals surface area contributed by atoms with Gasteiger partial charge < -0.3 is 15.3 Å². The zero-order valence-corrected chi connectivity index (χ0v) is 10.8. The fourth-order valence-corrected chi connectivity index (χ4v) is 3.27. The Labute approximate surface area is 112 Å². The number of fused-ring (bicyclic) bond motifs is 1. The van der Waals surface area contributed by atoms with Crippen molar-refractivity contribution < 1.29 is 14.3 Å². The number of nitrogens with zero attached hydrogens (tertiary/aromatic N) is 2. The molecule has 1 aromatic heterocycles. The van der Waals surface area contributed by atoms with Crippen molar-refractivity contribution in [3.63, 3.8) is 0 Å². The number of thiazole rings is 1. The Balaban J connectivity index is 1.79. The largest absolute Gasteiger partial charge is 0.465 e. The first-order valence-corrected chi connectivity index (χ1v) is 6.74. The van der Waals surface area contributed by atoms with Crippen LogP contribution >= 0.6 is 11.3 Å². The van der Waals surface area contributed by atoms with Crippen molar-refractivity contribution in [1.82, 2.24) is 10.3 Å². The number of aromatic nitrogens is 1. The van der Waals surface area contributed by atoms with E-state index in [0.717, 1.165) is 28.3 Å². The van der Waals surface area contributed by atoms with E-state index < -0.39 is 6.09 Å². The molecule has 0 saturated carbocycles. The lowest BCUT2D eigenvalue weighted by molar-refractivity contribution is 0.191. The van der Waals surface area contributed by atoms with Gasteiger partial charge in [-0.05, 0) is 24.6 Å². The SMILES string of the molecule is O=C(O)NC1CCN(c2nc3ccc(F)cc3s2)C1. The fourth-order valence-electron chi connectivity index (χ4n) is 2.25. The number of hydrogen-bond acceptors (Lipinski definition) is 4. The van der Waals surface area contributed by atoms with Crippen LogP contribution in [-0.4, -0.2) is 35.3 Å². The molecule has 1 atom stereocenters. The molecule has 1 saturated heterocycles. The summed E-state index contributed by atoms with van der Waals surface area (Å²) in [6.45, 7) is 1.36. The highest BCUT2D eigenvalue weighted by atomic mass is 32.1. The molecule has 1 amide bonds. The van der Waals surface area contributed by atoms with E-state index in [1.165, 1.54) is 23.5 Å². The summed E-state index contributed by atoms with van der Waals surface area (Å²) in [6.07, 6.45) is -0.241. The summed E-state index contributed by atoms with van der Waals surface area (Å²) in [4.78, 5) is 17.1. The zero-order valence-electron chi connectivity index (χ0n) is 9.97. The van der Waals surface area contributed by atoms with Gasteiger partial charge in [0.1, 0.15) is 5.82 Å². The van der Waals surface area contributed by atoms with Crippen LogP contribution in [0.1, 0.15) is 6.42 Å². The van der Waals surface area contributed by atoms with E-state index >= 15 is 0 Å². The lowest BCUT2D eigenvalue weighted by Crippen LogP contribution is -2.35. The van der Waals surface area contributed by atoms with Crippen molar-refractivity contribution in [3.8, 4) is 0 Å². The van der Waals surface area contributed by atoms with Crippen molar-refractivity contribution >= 4 is 32.8 Å². The highest BCUT2D eigenvalue weighted by Gasteiger charge is 2.25. The van der Waals surface area contributed by atoms with Gasteiger partial charge in [0.2, 0.25) is 0 Å². The minimum atomic E-state index is -1.00. The Kier molecular flexibility index (Phi) is 2.98. The van der Waals surface area contributed by atoms with E-state index in [2.05, 4.69) is 10.3 Å². The third-order valence-electron chi connectivity index (χ3n) is 3.13. The Morgan fingerprint density at radius 2 is 2.42 bits per heavy atom. The monoisotopic (exact) mass is 281 g/mol. The molecule has 2 N–H and O–H groups in total. The number of amides is 1. The maximum atomic E-state index is 13.1. The van der Waals surface area contributed by atoms with Crippen LogP contribution in [0.25, 0.3) is 10.2 Å². The van der Waals surface area contributed by atoms with E-state index in [4.69, 9.17) is 5.11 Å². The molecule has 1 aliphatic rings. The highest BCUT2D eigenvalue weighted by Crippen LogP contribution is 2.31. The number of anilines is 1. The molecule has 7 heteroatoms. The predicted molar refractivity (Wildman–Crippen MR) is 71.4 cm³/mol. The summed E-state index contributed by atoms with van der Waals surface area (Å²) in [5, 5.41) is 12.0. The average Bonchev–Trinajstić information content (AvgIpc) is 2.93. The number of halogens is 1. The van der Waals surface area contributed by atoms with Gasteiger partial charge in [-0.3, -0.25) is 0 Å². The van der Waals surface area contributed by atoms with Crippen molar-refractivity contribution in [2.24, 2.45) is 0 Å². The summed E-state index contributed by atoms with van der Waals surface area (Å²) in [6, 6.07) is 4.46. The van der Waals surface area contributed by atoms with E-state index in [9.17, 15) is 9.18 Å². The van der Waals surface area contributed by atoms with Crippen LogP contribution < -0.4 is 10.2 Å². The second-order valence-electron chi connectivity index (χ2n) is 4.49. The number of nitrogens with one attached hydrogen (secondary N) is 1.